The van der Waals surface area contributed by atoms with Crippen molar-refractivity contribution in [2.75, 3.05) is 32.8 Å². The Labute approximate surface area is 121 Å². The predicted octanol–water partition coefficient (Wildman–Crippen LogP) is 3.57. The van der Waals surface area contributed by atoms with E-state index in [0.29, 0.717) is 0 Å². The second-order valence-corrected chi connectivity index (χ2v) is 5.70. The highest BCUT2D eigenvalue weighted by atomic mass is 19.1. The van der Waals surface area contributed by atoms with Crippen LogP contribution in [-0.2, 0) is 11.2 Å². The molecule has 0 aliphatic carbocycles. The topological polar surface area (TPSA) is 12.5 Å². The average Bonchev–Trinajstić information content (AvgIpc) is 2.95. The number of hydrogen-bond acceptors (Lipinski definition) is 2. The molecule has 1 aromatic rings. The molecule has 1 aliphatic heterocycles. The van der Waals surface area contributed by atoms with Crippen molar-refractivity contribution in [1.29, 1.82) is 0 Å². The van der Waals surface area contributed by atoms with Gasteiger partial charge in [-0.1, -0.05) is 12.1 Å². The summed E-state index contributed by atoms with van der Waals surface area (Å²) in [5.74, 6) is -0.119. The fraction of sp³-hybridized carbons (Fsp3) is 0.647. The molecule has 0 atom stereocenters. The third-order valence-electron chi connectivity index (χ3n) is 3.94. The predicted molar refractivity (Wildman–Crippen MR) is 80.6 cm³/mol. The normalized spacial score (nSPS) is 15.9. The lowest BCUT2D eigenvalue weighted by atomic mass is 10.1. The highest BCUT2D eigenvalue weighted by Gasteiger charge is 2.09. The van der Waals surface area contributed by atoms with Gasteiger partial charge in [0.25, 0.3) is 0 Å². The standard InChI is InChI=1S/C17H26FNO/c1-15-14-16(7-8-17(15)18)6-4-12-20-13-5-11-19-9-2-3-10-19/h7-8,14H,2-6,9-13H2,1H3. The summed E-state index contributed by atoms with van der Waals surface area (Å²) in [4.78, 5) is 2.52. The molecule has 112 valence electrons. The Bertz CT molecular complexity index is 402. The Morgan fingerprint density at radius 3 is 2.65 bits per heavy atom. The van der Waals surface area contributed by atoms with Crippen molar-refractivity contribution >= 4 is 0 Å². The van der Waals surface area contributed by atoms with Crippen LogP contribution in [0.1, 0.15) is 36.8 Å². The molecule has 1 aromatic carbocycles. The van der Waals surface area contributed by atoms with Crippen LogP contribution >= 0.6 is 0 Å². The van der Waals surface area contributed by atoms with Gasteiger partial charge < -0.3 is 9.64 Å². The zero-order valence-corrected chi connectivity index (χ0v) is 12.5. The summed E-state index contributed by atoms with van der Waals surface area (Å²) in [7, 11) is 0. The Hall–Kier alpha value is -0.930. The summed E-state index contributed by atoms with van der Waals surface area (Å²) in [6, 6.07) is 5.36. The lowest BCUT2D eigenvalue weighted by Gasteiger charge is -2.14. The Morgan fingerprint density at radius 1 is 1.15 bits per heavy atom. The molecule has 1 heterocycles. The third-order valence-corrected chi connectivity index (χ3v) is 3.94. The van der Waals surface area contributed by atoms with Crippen molar-refractivity contribution < 1.29 is 9.13 Å². The van der Waals surface area contributed by atoms with E-state index in [-0.39, 0.29) is 5.82 Å². The molecule has 0 radical (unpaired) electrons. The van der Waals surface area contributed by atoms with Crippen LogP contribution in [0.5, 0.6) is 0 Å². The first-order valence-corrected chi connectivity index (χ1v) is 7.81. The monoisotopic (exact) mass is 279 g/mol. The van der Waals surface area contributed by atoms with Gasteiger partial charge in [0, 0.05) is 19.8 Å². The van der Waals surface area contributed by atoms with E-state index in [4.69, 9.17) is 4.74 Å². The van der Waals surface area contributed by atoms with E-state index in [1.807, 2.05) is 19.1 Å². The number of benzene rings is 1. The highest BCUT2D eigenvalue weighted by molar-refractivity contribution is 5.23. The largest absolute Gasteiger partial charge is 0.381 e. The fourth-order valence-electron chi connectivity index (χ4n) is 2.74. The number of halogens is 1. The second kappa shape index (κ2) is 8.38. The minimum atomic E-state index is -0.119. The zero-order valence-electron chi connectivity index (χ0n) is 12.5. The van der Waals surface area contributed by atoms with Crippen LogP contribution in [0.2, 0.25) is 0 Å². The SMILES string of the molecule is Cc1cc(CCCOCCCN2CCCC2)ccc1F. The molecule has 0 bridgehead atoms. The molecule has 0 spiro atoms. The molecule has 1 fully saturated rings. The van der Waals surface area contributed by atoms with Gasteiger partial charge in [0.2, 0.25) is 0 Å². The summed E-state index contributed by atoms with van der Waals surface area (Å²) in [5, 5.41) is 0. The molecule has 20 heavy (non-hydrogen) atoms. The summed E-state index contributed by atoms with van der Waals surface area (Å²) >= 11 is 0. The quantitative estimate of drug-likeness (QED) is 0.675. The Morgan fingerprint density at radius 2 is 1.90 bits per heavy atom. The molecular formula is C17H26FNO. The maximum Gasteiger partial charge on any atom is 0.126 e. The van der Waals surface area contributed by atoms with Gasteiger partial charge in [0.15, 0.2) is 0 Å². The highest BCUT2D eigenvalue weighted by Crippen LogP contribution is 2.11. The van der Waals surface area contributed by atoms with E-state index >= 15 is 0 Å². The van der Waals surface area contributed by atoms with Crippen molar-refractivity contribution in [1.82, 2.24) is 4.90 Å². The average molecular weight is 279 g/mol. The minimum Gasteiger partial charge on any atom is -0.381 e. The number of rotatable bonds is 8. The smallest absolute Gasteiger partial charge is 0.126 e. The van der Waals surface area contributed by atoms with Crippen LogP contribution in [0.15, 0.2) is 18.2 Å². The van der Waals surface area contributed by atoms with Gasteiger partial charge >= 0.3 is 0 Å². The number of ether oxygens (including phenoxy) is 1. The van der Waals surface area contributed by atoms with Crippen LogP contribution in [0.4, 0.5) is 4.39 Å². The van der Waals surface area contributed by atoms with Crippen LogP contribution in [0, 0.1) is 12.7 Å². The van der Waals surface area contributed by atoms with E-state index < -0.39 is 0 Å². The van der Waals surface area contributed by atoms with E-state index in [2.05, 4.69) is 4.90 Å². The van der Waals surface area contributed by atoms with Crippen LogP contribution < -0.4 is 0 Å². The summed E-state index contributed by atoms with van der Waals surface area (Å²) in [6.45, 7) is 7.19. The van der Waals surface area contributed by atoms with E-state index in [9.17, 15) is 4.39 Å². The maximum atomic E-state index is 13.1. The molecule has 2 rings (SSSR count). The first-order valence-electron chi connectivity index (χ1n) is 7.81. The third kappa shape index (κ3) is 5.22. The van der Waals surface area contributed by atoms with Gasteiger partial charge in [0.05, 0.1) is 0 Å². The number of aryl methyl sites for hydroxylation is 2. The Kier molecular flexibility index (Phi) is 6.48. The van der Waals surface area contributed by atoms with E-state index in [0.717, 1.165) is 38.0 Å². The summed E-state index contributed by atoms with van der Waals surface area (Å²) in [6.07, 6.45) is 5.83. The fourth-order valence-corrected chi connectivity index (χ4v) is 2.74. The lowest BCUT2D eigenvalue weighted by molar-refractivity contribution is 0.121. The van der Waals surface area contributed by atoms with Gasteiger partial charge in [-0.15, -0.1) is 0 Å². The van der Waals surface area contributed by atoms with Crippen LogP contribution in [0.3, 0.4) is 0 Å². The van der Waals surface area contributed by atoms with Crippen molar-refractivity contribution in [3.8, 4) is 0 Å². The molecule has 0 amide bonds. The van der Waals surface area contributed by atoms with E-state index in [1.54, 1.807) is 6.07 Å². The lowest BCUT2D eigenvalue weighted by Crippen LogP contribution is -2.21. The molecule has 0 N–H and O–H groups in total. The molecule has 0 saturated carbocycles. The van der Waals surface area contributed by atoms with Gasteiger partial charge in [0.1, 0.15) is 5.82 Å². The Balaban J connectivity index is 1.49. The van der Waals surface area contributed by atoms with Gasteiger partial charge in [-0.2, -0.15) is 0 Å². The van der Waals surface area contributed by atoms with Gasteiger partial charge in [-0.05, 0) is 69.3 Å². The van der Waals surface area contributed by atoms with Crippen molar-refractivity contribution in [2.45, 2.75) is 39.0 Å². The summed E-state index contributed by atoms with van der Waals surface area (Å²) in [5.41, 5.74) is 1.93. The molecule has 0 unspecified atom stereocenters. The molecule has 1 saturated heterocycles. The molecule has 0 aromatic heterocycles. The van der Waals surface area contributed by atoms with Crippen LogP contribution in [-0.4, -0.2) is 37.7 Å². The van der Waals surface area contributed by atoms with Crippen molar-refractivity contribution in [3.05, 3.63) is 35.1 Å². The number of nitrogens with zero attached hydrogens (tertiary/aromatic N) is 1. The van der Waals surface area contributed by atoms with Gasteiger partial charge in [-0.3, -0.25) is 0 Å². The minimum absolute atomic E-state index is 0.119. The molecular weight excluding hydrogens is 253 g/mol. The van der Waals surface area contributed by atoms with Crippen molar-refractivity contribution in [3.63, 3.8) is 0 Å². The summed E-state index contributed by atoms with van der Waals surface area (Å²) < 4.78 is 18.8. The van der Waals surface area contributed by atoms with E-state index in [1.165, 1.54) is 38.0 Å². The first-order chi connectivity index (χ1) is 9.75. The second-order valence-electron chi connectivity index (χ2n) is 5.70. The van der Waals surface area contributed by atoms with Crippen molar-refractivity contribution in [2.24, 2.45) is 0 Å². The van der Waals surface area contributed by atoms with Crippen LogP contribution in [0.25, 0.3) is 0 Å². The molecule has 2 nitrogen and oxygen atoms in total. The molecule has 3 heteroatoms. The first kappa shape index (κ1) is 15.5. The number of hydrogen-bond donors (Lipinski definition) is 0. The zero-order chi connectivity index (χ0) is 14.2. The molecule has 1 aliphatic rings. The number of likely N-dealkylation sites (tertiary alicyclic amines) is 1. The maximum absolute atomic E-state index is 13.1. The van der Waals surface area contributed by atoms with Gasteiger partial charge in [-0.25, -0.2) is 4.39 Å².